The Morgan fingerprint density at radius 2 is 1.81 bits per heavy atom. The summed E-state index contributed by atoms with van der Waals surface area (Å²) in [5, 5.41) is 2.62. The summed E-state index contributed by atoms with van der Waals surface area (Å²) in [5.74, 6) is -0.112. The first-order valence-electron chi connectivity index (χ1n) is 8.27. The second-order valence-electron chi connectivity index (χ2n) is 6.23. The summed E-state index contributed by atoms with van der Waals surface area (Å²) in [5.41, 5.74) is 2.78. The Morgan fingerprint density at radius 1 is 1.15 bits per heavy atom. The van der Waals surface area contributed by atoms with Crippen LogP contribution in [0.4, 0.5) is 11.4 Å². The molecule has 7 heteroatoms. The van der Waals surface area contributed by atoms with Crippen LogP contribution in [0.25, 0.3) is 0 Å². The number of carbonyl (C=O) groups excluding carboxylic acids is 1. The standard InChI is InChI=1S/C19H23BrN2O3S/c1-14-13-17(7-10-19(14)20)22(3)11-4-12-26(24,25)18-8-5-16(6-9-18)21-15(2)23/h5-10,13H,4,11-12H2,1-3H3,(H,21,23). The number of carbonyl (C=O) groups is 1. The summed E-state index contributed by atoms with van der Waals surface area (Å²) in [6.45, 7) is 4.08. The number of aryl methyl sites for hydroxylation is 1. The number of hydrogen-bond donors (Lipinski definition) is 1. The van der Waals surface area contributed by atoms with Gasteiger partial charge < -0.3 is 10.2 Å². The molecule has 0 saturated heterocycles. The Morgan fingerprint density at radius 3 is 2.38 bits per heavy atom. The first kappa shape index (κ1) is 20.5. The number of sulfone groups is 1. The molecule has 2 aromatic rings. The third-order valence-corrected chi connectivity index (χ3v) is 6.73. The second kappa shape index (κ2) is 8.68. The van der Waals surface area contributed by atoms with E-state index >= 15 is 0 Å². The molecule has 0 aliphatic rings. The van der Waals surface area contributed by atoms with Crippen molar-refractivity contribution in [3.8, 4) is 0 Å². The van der Waals surface area contributed by atoms with Gasteiger partial charge in [-0.1, -0.05) is 15.9 Å². The van der Waals surface area contributed by atoms with Crippen molar-refractivity contribution in [2.45, 2.75) is 25.2 Å². The average Bonchev–Trinajstić information content (AvgIpc) is 2.57. The number of benzene rings is 2. The lowest BCUT2D eigenvalue weighted by atomic mass is 10.2. The minimum Gasteiger partial charge on any atom is -0.375 e. The van der Waals surface area contributed by atoms with Crippen LogP contribution in [0, 0.1) is 6.92 Å². The van der Waals surface area contributed by atoms with Gasteiger partial charge in [-0.25, -0.2) is 8.42 Å². The van der Waals surface area contributed by atoms with Crippen LogP contribution in [0.5, 0.6) is 0 Å². The number of anilines is 2. The predicted molar refractivity (Wildman–Crippen MR) is 110 cm³/mol. The summed E-state index contributed by atoms with van der Waals surface area (Å²) in [6, 6.07) is 12.3. The lowest BCUT2D eigenvalue weighted by molar-refractivity contribution is -0.114. The zero-order valence-corrected chi connectivity index (χ0v) is 17.5. The molecular formula is C19H23BrN2O3S. The molecule has 0 aliphatic heterocycles. The van der Waals surface area contributed by atoms with Gasteiger partial charge in [-0.05, 0) is 61.4 Å². The highest BCUT2D eigenvalue weighted by atomic mass is 79.9. The Balaban J connectivity index is 1.94. The molecular weight excluding hydrogens is 416 g/mol. The fraction of sp³-hybridized carbons (Fsp3) is 0.316. The van der Waals surface area contributed by atoms with Crippen LogP contribution in [0.15, 0.2) is 51.8 Å². The zero-order valence-electron chi connectivity index (χ0n) is 15.1. The maximum Gasteiger partial charge on any atom is 0.221 e. The highest BCUT2D eigenvalue weighted by Gasteiger charge is 2.15. The highest BCUT2D eigenvalue weighted by molar-refractivity contribution is 9.10. The van der Waals surface area contributed by atoms with Crippen LogP contribution < -0.4 is 10.2 Å². The van der Waals surface area contributed by atoms with Gasteiger partial charge in [0.05, 0.1) is 10.6 Å². The van der Waals surface area contributed by atoms with Crippen molar-refractivity contribution in [3.05, 3.63) is 52.5 Å². The Hall–Kier alpha value is -1.86. The van der Waals surface area contributed by atoms with Gasteiger partial charge in [-0.2, -0.15) is 0 Å². The van der Waals surface area contributed by atoms with Crippen LogP contribution in [-0.4, -0.2) is 33.7 Å². The molecule has 0 aromatic heterocycles. The van der Waals surface area contributed by atoms with Gasteiger partial charge in [-0.3, -0.25) is 4.79 Å². The van der Waals surface area contributed by atoms with E-state index in [2.05, 4.69) is 32.2 Å². The number of halogens is 1. The predicted octanol–water partition coefficient (Wildman–Crippen LogP) is 4.02. The molecule has 140 valence electrons. The number of rotatable bonds is 7. The first-order valence-corrected chi connectivity index (χ1v) is 10.7. The average molecular weight is 439 g/mol. The van der Waals surface area contributed by atoms with Gasteiger partial charge in [0.15, 0.2) is 9.84 Å². The Bertz CT molecular complexity index is 880. The lowest BCUT2D eigenvalue weighted by Gasteiger charge is -2.20. The van der Waals surface area contributed by atoms with E-state index in [1.54, 1.807) is 12.1 Å². The third kappa shape index (κ3) is 5.57. The molecule has 0 fully saturated rings. The minimum atomic E-state index is -3.35. The van der Waals surface area contributed by atoms with Crippen LogP contribution in [0.3, 0.4) is 0 Å². The van der Waals surface area contributed by atoms with E-state index in [9.17, 15) is 13.2 Å². The normalized spacial score (nSPS) is 11.2. The zero-order chi connectivity index (χ0) is 19.3. The van der Waals surface area contributed by atoms with Crippen molar-refractivity contribution in [2.75, 3.05) is 29.6 Å². The monoisotopic (exact) mass is 438 g/mol. The topological polar surface area (TPSA) is 66.5 Å². The molecule has 2 rings (SSSR count). The molecule has 1 N–H and O–H groups in total. The van der Waals surface area contributed by atoms with E-state index in [0.29, 0.717) is 18.7 Å². The van der Waals surface area contributed by atoms with Gasteiger partial charge >= 0.3 is 0 Å². The molecule has 0 unspecified atom stereocenters. The molecule has 0 bridgehead atoms. The van der Waals surface area contributed by atoms with Crippen molar-refractivity contribution < 1.29 is 13.2 Å². The van der Waals surface area contributed by atoms with Gasteiger partial charge in [-0.15, -0.1) is 0 Å². The van der Waals surface area contributed by atoms with Crippen molar-refractivity contribution in [1.29, 1.82) is 0 Å². The van der Waals surface area contributed by atoms with E-state index in [0.717, 1.165) is 15.7 Å². The quantitative estimate of drug-likeness (QED) is 0.708. The van der Waals surface area contributed by atoms with Crippen molar-refractivity contribution in [1.82, 2.24) is 0 Å². The molecule has 26 heavy (non-hydrogen) atoms. The van der Waals surface area contributed by atoms with E-state index in [1.165, 1.54) is 19.1 Å². The number of hydrogen-bond acceptors (Lipinski definition) is 4. The summed E-state index contributed by atoms with van der Waals surface area (Å²) >= 11 is 3.48. The van der Waals surface area contributed by atoms with E-state index in [-0.39, 0.29) is 16.6 Å². The summed E-state index contributed by atoms with van der Waals surface area (Å²) < 4.78 is 26.0. The molecule has 0 spiro atoms. The smallest absolute Gasteiger partial charge is 0.221 e. The second-order valence-corrected chi connectivity index (χ2v) is 9.20. The van der Waals surface area contributed by atoms with E-state index < -0.39 is 9.84 Å². The fourth-order valence-electron chi connectivity index (χ4n) is 2.55. The van der Waals surface area contributed by atoms with Crippen molar-refractivity contribution >= 4 is 43.0 Å². The summed E-state index contributed by atoms with van der Waals surface area (Å²) in [6.07, 6.45) is 0.529. The maximum atomic E-state index is 12.5. The van der Waals surface area contributed by atoms with Crippen molar-refractivity contribution in [3.63, 3.8) is 0 Å². The SMILES string of the molecule is CC(=O)Nc1ccc(S(=O)(=O)CCCN(C)c2ccc(Br)c(C)c2)cc1. The van der Waals surface area contributed by atoms with Gasteiger partial charge in [0.25, 0.3) is 0 Å². The van der Waals surface area contributed by atoms with Crippen LogP contribution in [-0.2, 0) is 14.6 Å². The molecule has 1 amide bonds. The number of nitrogens with one attached hydrogen (secondary N) is 1. The highest BCUT2D eigenvalue weighted by Crippen LogP contribution is 2.22. The number of amides is 1. The summed E-state index contributed by atoms with van der Waals surface area (Å²) in [7, 11) is -1.39. The van der Waals surface area contributed by atoms with Crippen LogP contribution in [0.1, 0.15) is 18.9 Å². The van der Waals surface area contributed by atoms with Gasteiger partial charge in [0, 0.05) is 36.4 Å². The fourth-order valence-corrected chi connectivity index (χ4v) is 4.10. The molecule has 0 heterocycles. The minimum absolute atomic E-state index is 0.0757. The summed E-state index contributed by atoms with van der Waals surface area (Å²) in [4.78, 5) is 13.3. The molecule has 2 aromatic carbocycles. The first-order chi connectivity index (χ1) is 12.2. The van der Waals surface area contributed by atoms with Gasteiger partial charge in [0.1, 0.15) is 0 Å². The molecule has 0 atom stereocenters. The Labute approximate surface area is 163 Å². The maximum absolute atomic E-state index is 12.5. The van der Waals surface area contributed by atoms with E-state index in [4.69, 9.17) is 0 Å². The van der Waals surface area contributed by atoms with Crippen LogP contribution in [0.2, 0.25) is 0 Å². The largest absolute Gasteiger partial charge is 0.375 e. The van der Waals surface area contributed by atoms with Crippen LogP contribution >= 0.6 is 15.9 Å². The Kier molecular flexibility index (Phi) is 6.83. The molecule has 0 aliphatic carbocycles. The number of nitrogens with zero attached hydrogens (tertiary/aromatic N) is 1. The van der Waals surface area contributed by atoms with Crippen molar-refractivity contribution in [2.24, 2.45) is 0 Å². The van der Waals surface area contributed by atoms with E-state index in [1.807, 2.05) is 26.1 Å². The molecule has 0 radical (unpaired) electrons. The molecule has 5 nitrogen and oxygen atoms in total. The molecule has 0 saturated carbocycles. The third-order valence-electron chi connectivity index (χ3n) is 4.02. The van der Waals surface area contributed by atoms with Gasteiger partial charge in [0.2, 0.25) is 5.91 Å². The lowest BCUT2D eigenvalue weighted by Crippen LogP contribution is -2.21.